The van der Waals surface area contributed by atoms with E-state index in [2.05, 4.69) is 13.8 Å². The van der Waals surface area contributed by atoms with Gasteiger partial charge in [0.15, 0.2) is 0 Å². The van der Waals surface area contributed by atoms with Gasteiger partial charge in [-0.15, -0.1) is 0 Å². The molecule has 0 nitrogen and oxygen atoms in total. The van der Waals surface area contributed by atoms with Gasteiger partial charge >= 0.3 is 0 Å². The third kappa shape index (κ3) is 4.78. The van der Waals surface area contributed by atoms with Gasteiger partial charge in [-0.1, -0.05) is 58.8 Å². The van der Waals surface area contributed by atoms with Crippen molar-refractivity contribution in [2.45, 2.75) is 116 Å². The Hall–Kier alpha value is -0.920. The van der Waals surface area contributed by atoms with Crippen LogP contribution in [0.2, 0.25) is 0 Å². The molecule has 1 aromatic rings. The second kappa shape index (κ2) is 10.1. The first-order valence-corrected chi connectivity index (χ1v) is 13.1. The van der Waals surface area contributed by atoms with Crippen LogP contribution in [-0.2, 0) is 12.8 Å². The van der Waals surface area contributed by atoms with Crippen molar-refractivity contribution in [3.05, 3.63) is 34.4 Å². The number of benzene rings is 1. The first-order chi connectivity index (χ1) is 14.6. The summed E-state index contributed by atoms with van der Waals surface area (Å²) >= 11 is 0. The molecule has 0 amide bonds. The van der Waals surface area contributed by atoms with E-state index in [1.807, 2.05) is 0 Å². The van der Waals surface area contributed by atoms with E-state index in [9.17, 15) is 0 Å². The highest BCUT2D eigenvalue weighted by Crippen LogP contribution is 2.49. The van der Waals surface area contributed by atoms with Gasteiger partial charge in [0.25, 0.3) is 0 Å². The molecule has 2 heteroatoms. The van der Waals surface area contributed by atoms with E-state index in [-0.39, 0.29) is 17.6 Å². The molecule has 1 aromatic carbocycles. The van der Waals surface area contributed by atoms with Gasteiger partial charge in [0, 0.05) is 5.56 Å². The Bertz CT molecular complexity index is 709. The molecular weight excluding hydrogens is 374 g/mol. The molecule has 0 spiro atoms. The molecule has 0 saturated heterocycles. The quantitative estimate of drug-likeness (QED) is 0.390. The molecule has 3 aliphatic carbocycles. The Morgan fingerprint density at radius 3 is 2.43 bits per heavy atom. The molecule has 0 N–H and O–H groups in total. The summed E-state index contributed by atoms with van der Waals surface area (Å²) in [5, 5.41) is 0. The van der Waals surface area contributed by atoms with Crippen molar-refractivity contribution in [2.75, 3.05) is 0 Å². The van der Waals surface area contributed by atoms with Crippen molar-refractivity contribution >= 4 is 0 Å². The third-order valence-corrected chi connectivity index (χ3v) is 8.80. The summed E-state index contributed by atoms with van der Waals surface area (Å²) in [6.07, 6.45) is 17.7. The molecule has 4 rings (SSSR count). The number of unbranched alkanes of at least 4 members (excludes halogenated alkanes) is 2. The lowest BCUT2D eigenvalue weighted by atomic mass is 9.63. The van der Waals surface area contributed by atoms with E-state index in [1.54, 1.807) is 6.07 Å². The molecule has 2 saturated carbocycles. The standard InChI is InChI=1S/C28H42F2/c1-3-5-6-8-20-9-11-22-17-23(13-12-21(22)15-20)27-26(29)18-24-16-19(7-4-2)10-14-25(24)28(27)30/h18-23H,3-17H2,1-2H3. The van der Waals surface area contributed by atoms with E-state index in [0.717, 1.165) is 61.5 Å². The highest BCUT2D eigenvalue weighted by Gasteiger charge is 2.38. The summed E-state index contributed by atoms with van der Waals surface area (Å²) in [7, 11) is 0. The Kier molecular flexibility index (Phi) is 7.53. The van der Waals surface area contributed by atoms with Crippen molar-refractivity contribution in [3.8, 4) is 0 Å². The first-order valence-electron chi connectivity index (χ1n) is 13.1. The molecule has 168 valence electrons. The topological polar surface area (TPSA) is 0 Å². The fourth-order valence-electron chi connectivity index (χ4n) is 7.16. The van der Waals surface area contributed by atoms with Gasteiger partial charge in [-0.05, 0) is 98.1 Å². The summed E-state index contributed by atoms with van der Waals surface area (Å²) in [6.45, 7) is 4.48. The average Bonchev–Trinajstić information content (AvgIpc) is 2.74. The summed E-state index contributed by atoms with van der Waals surface area (Å²) in [6, 6.07) is 1.71. The van der Waals surface area contributed by atoms with Gasteiger partial charge in [-0.2, -0.15) is 0 Å². The molecule has 5 atom stereocenters. The maximum absolute atomic E-state index is 15.5. The minimum absolute atomic E-state index is 0.0987. The zero-order valence-corrected chi connectivity index (χ0v) is 19.3. The van der Waals surface area contributed by atoms with Crippen LogP contribution < -0.4 is 0 Å². The Labute approximate surface area is 183 Å². The summed E-state index contributed by atoms with van der Waals surface area (Å²) in [5.41, 5.74) is 2.26. The van der Waals surface area contributed by atoms with Crippen LogP contribution in [0, 0.1) is 35.3 Å². The number of fused-ring (bicyclic) bond motifs is 2. The van der Waals surface area contributed by atoms with Gasteiger partial charge in [0.05, 0.1) is 0 Å². The number of rotatable bonds is 7. The van der Waals surface area contributed by atoms with Gasteiger partial charge in [-0.25, -0.2) is 8.78 Å². The molecule has 0 aromatic heterocycles. The van der Waals surface area contributed by atoms with Gasteiger partial charge in [0.2, 0.25) is 0 Å². The second-order valence-electron chi connectivity index (χ2n) is 10.8. The smallest absolute Gasteiger partial charge is 0.133 e. The van der Waals surface area contributed by atoms with Crippen molar-refractivity contribution in [3.63, 3.8) is 0 Å². The van der Waals surface area contributed by atoms with Crippen LogP contribution >= 0.6 is 0 Å². The Balaban J connectivity index is 1.43. The van der Waals surface area contributed by atoms with Crippen LogP contribution in [-0.4, -0.2) is 0 Å². The number of halogens is 2. The zero-order valence-electron chi connectivity index (χ0n) is 19.3. The summed E-state index contributed by atoms with van der Waals surface area (Å²) in [4.78, 5) is 0. The summed E-state index contributed by atoms with van der Waals surface area (Å²) in [5.74, 6) is 2.69. The third-order valence-electron chi connectivity index (χ3n) is 8.80. The summed E-state index contributed by atoms with van der Waals surface area (Å²) < 4.78 is 30.7. The maximum Gasteiger partial charge on any atom is 0.133 e. The van der Waals surface area contributed by atoms with Crippen molar-refractivity contribution in [1.29, 1.82) is 0 Å². The molecule has 2 fully saturated rings. The molecule has 0 aliphatic heterocycles. The fourth-order valence-corrected chi connectivity index (χ4v) is 7.16. The molecular formula is C28H42F2. The van der Waals surface area contributed by atoms with Crippen molar-refractivity contribution < 1.29 is 8.78 Å². The fraction of sp³-hybridized carbons (Fsp3) is 0.786. The minimum atomic E-state index is -0.250. The van der Waals surface area contributed by atoms with Crippen LogP contribution in [0.5, 0.6) is 0 Å². The average molecular weight is 417 g/mol. The molecule has 0 radical (unpaired) electrons. The first kappa shape index (κ1) is 22.3. The van der Waals surface area contributed by atoms with Crippen LogP contribution in [0.25, 0.3) is 0 Å². The van der Waals surface area contributed by atoms with E-state index >= 15 is 8.78 Å². The number of hydrogen-bond acceptors (Lipinski definition) is 0. The molecule has 0 heterocycles. The van der Waals surface area contributed by atoms with E-state index < -0.39 is 0 Å². The van der Waals surface area contributed by atoms with Crippen molar-refractivity contribution in [2.24, 2.45) is 23.7 Å². The molecule has 5 unspecified atom stereocenters. The largest absolute Gasteiger partial charge is 0.207 e. The highest BCUT2D eigenvalue weighted by atomic mass is 19.1. The molecule has 30 heavy (non-hydrogen) atoms. The SMILES string of the molecule is CCCCCC1CCC2CC(c3c(F)cc4c(c3F)CCC(CCC)C4)CCC2C1. The minimum Gasteiger partial charge on any atom is -0.207 e. The Morgan fingerprint density at radius 2 is 1.63 bits per heavy atom. The van der Waals surface area contributed by atoms with E-state index in [1.165, 1.54) is 57.8 Å². The second-order valence-corrected chi connectivity index (χ2v) is 10.8. The van der Waals surface area contributed by atoms with E-state index in [4.69, 9.17) is 0 Å². The predicted molar refractivity (Wildman–Crippen MR) is 122 cm³/mol. The molecule has 3 aliphatic rings. The lowest BCUT2D eigenvalue weighted by Crippen LogP contribution is -2.31. The van der Waals surface area contributed by atoms with Crippen LogP contribution in [0.4, 0.5) is 8.78 Å². The van der Waals surface area contributed by atoms with Gasteiger partial charge in [-0.3, -0.25) is 0 Å². The maximum atomic E-state index is 15.5. The van der Waals surface area contributed by atoms with Crippen LogP contribution in [0.3, 0.4) is 0 Å². The van der Waals surface area contributed by atoms with E-state index in [0.29, 0.717) is 17.4 Å². The van der Waals surface area contributed by atoms with Crippen LogP contribution in [0.15, 0.2) is 6.07 Å². The van der Waals surface area contributed by atoms with Crippen LogP contribution in [0.1, 0.15) is 120 Å². The Morgan fingerprint density at radius 1 is 0.833 bits per heavy atom. The lowest BCUT2D eigenvalue weighted by Gasteiger charge is -2.42. The monoisotopic (exact) mass is 416 g/mol. The molecule has 0 bridgehead atoms. The normalized spacial score (nSPS) is 31.3. The highest BCUT2D eigenvalue weighted by molar-refractivity contribution is 5.39. The van der Waals surface area contributed by atoms with Gasteiger partial charge in [0.1, 0.15) is 11.6 Å². The van der Waals surface area contributed by atoms with Gasteiger partial charge < -0.3 is 0 Å². The predicted octanol–water partition coefficient (Wildman–Crippen LogP) is 8.75. The van der Waals surface area contributed by atoms with Crippen molar-refractivity contribution in [1.82, 2.24) is 0 Å². The zero-order chi connectivity index (χ0) is 21.1. The lowest BCUT2D eigenvalue weighted by molar-refractivity contribution is 0.111. The number of hydrogen-bond donors (Lipinski definition) is 0.